The van der Waals surface area contributed by atoms with Crippen molar-refractivity contribution < 1.29 is 0 Å². The quantitative estimate of drug-likeness (QED) is 0.554. The van der Waals surface area contributed by atoms with Crippen molar-refractivity contribution in [2.75, 3.05) is 5.75 Å². The predicted molar refractivity (Wildman–Crippen MR) is 49.5 cm³/mol. The average Bonchev–Trinajstić information content (AvgIpc) is 2.31. The van der Waals surface area contributed by atoms with Crippen LogP contribution in [0.25, 0.3) is 0 Å². The zero-order valence-electron chi connectivity index (χ0n) is 6.84. The Morgan fingerprint density at radius 2 is 2.40 bits per heavy atom. The van der Waals surface area contributed by atoms with Crippen molar-refractivity contribution in [3.63, 3.8) is 0 Å². The first-order valence-corrected chi connectivity index (χ1v) is 5.17. The molecule has 0 aromatic carbocycles. The van der Waals surface area contributed by atoms with E-state index in [2.05, 4.69) is 37.8 Å². The van der Waals surface area contributed by atoms with Crippen LogP contribution in [0.3, 0.4) is 0 Å². The molecule has 58 valence electrons. The fourth-order valence-corrected chi connectivity index (χ4v) is 2.70. The molecule has 1 aliphatic heterocycles. The lowest BCUT2D eigenvalue weighted by Gasteiger charge is -2.07. The molecule has 0 spiro atoms. The molecule has 0 nitrogen and oxygen atoms in total. The van der Waals surface area contributed by atoms with Gasteiger partial charge in [0.15, 0.2) is 0 Å². The molecule has 0 saturated carbocycles. The highest BCUT2D eigenvalue weighted by Crippen LogP contribution is 2.32. The van der Waals surface area contributed by atoms with Crippen molar-refractivity contribution >= 4 is 11.8 Å². The summed E-state index contributed by atoms with van der Waals surface area (Å²) in [5.41, 5.74) is 0. The normalized spacial score (nSPS) is 33.8. The Bertz CT molecular complexity index is 118. The van der Waals surface area contributed by atoms with Gasteiger partial charge in [-0.15, -0.1) is 0 Å². The van der Waals surface area contributed by atoms with Crippen molar-refractivity contribution in [1.82, 2.24) is 0 Å². The zero-order chi connectivity index (χ0) is 7.40. The maximum Gasteiger partial charge on any atom is 0.0252 e. The van der Waals surface area contributed by atoms with E-state index in [0.29, 0.717) is 0 Å². The van der Waals surface area contributed by atoms with E-state index in [1.807, 2.05) is 0 Å². The summed E-state index contributed by atoms with van der Waals surface area (Å²) >= 11 is 2.10. The third-order valence-corrected chi connectivity index (χ3v) is 3.48. The second-order valence-electron chi connectivity index (χ2n) is 2.94. The molecule has 0 amide bonds. The molecule has 0 aliphatic carbocycles. The van der Waals surface area contributed by atoms with E-state index >= 15 is 0 Å². The molecule has 1 aliphatic rings. The van der Waals surface area contributed by atoms with Crippen LogP contribution in [0, 0.1) is 5.92 Å². The largest absolute Gasteiger partial charge is 0.154 e. The summed E-state index contributed by atoms with van der Waals surface area (Å²) in [6.07, 6.45) is 7.26. The van der Waals surface area contributed by atoms with Crippen LogP contribution in [-0.4, -0.2) is 11.0 Å². The minimum atomic E-state index is 0.819. The first-order chi connectivity index (χ1) is 4.84. The van der Waals surface area contributed by atoms with Crippen LogP contribution in [0.1, 0.15) is 26.7 Å². The van der Waals surface area contributed by atoms with E-state index in [0.717, 1.165) is 11.2 Å². The molecule has 1 heterocycles. The SMILES string of the molecule is CCC=CC1SCCC1C. The molecule has 0 aromatic heterocycles. The maximum atomic E-state index is 2.38. The topological polar surface area (TPSA) is 0 Å². The summed E-state index contributed by atoms with van der Waals surface area (Å²) in [6, 6.07) is 0. The highest BCUT2D eigenvalue weighted by atomic mass is 32.2. The van der Waals surface area contributed by atoms with Gasteiger partial charge in [-0.2, -0.15) is 11.8 Å². The molecule has 0 aromatic rings. The van der Waals surface area contributed by atoms with Crippen LogP contribution in [0.4, 0.5) is 0 Å². The lowest BCUT2D eigenvalue weighted by atomic mass is 10.1. The summed E-state index contributed by atoms with van der Waals surface area (Å²) in [7, 11) is 0. The van der Waals surface area contributed by atoms with Gasteiger partial charge in [-0.05, 0) is 24.5 Å². The predicted octanol–water partition coefficient (Wildman–Crippen LogP) is 3.09. The number of thioether (sulfide) groups is 1. The molecule has 1 saturated heterocycles. The van der Waals surface area contributed by atoms with Gasteiger partial charge in [-0.3, -0.25) is 0 Å². The highest BCUT2D eigenvalue weighted by Gasteiger charge is 2.20. The number of allylic oxidation sites excluding steroid dienone is 1. The number of hydrogen-bond acceptors (Lipinski definition) is 1. The molecule has 0 bridgehead atoms. The van der Waals surface area contributed by atoms with E-state index in [1.54, 1.807) is 0 Å². The highest BCUT2D eigenvalue weighted by molar-refractivity contribution is 8.00. The zero-order valence-corrected chi connectivity index (χ0v) is 7.66. The van der Waals surface area contributed by atoms with Gasteiger partial charge >= 0.3 is 0 Å². The second kappa shape index (κ2) is 4.07. The Hall–Kier alpha value is 0.0900. The van der Waals surface area contributed by atoms with Gasteiger partial charge in [0.1, 0.15) is 0 Å². The Morgan fingerprint density at radius 3 is 2.90 bits per heavy atom. The van der Waals surface area contributed by atoms with Gasteiger partial charge in [0.2, 0.25) is 0 Å². The summed E-state index contributed by atoms with van der Waals surface area (Å²) < 4.78 is 0. The second-order valence-corrected chi connectivity index (χ2v) is 4.22. The maximum absolute atomic E-state index is 2.38. The third kappa shape index (κ3) is 2.05. The molecule has 2 atom stereocenters. The Balaban J connectivity index is 2.33. The summed E-state index contributed by atoms with van der Waals surface area (Å²) in [5, 5.41) is 0.819. The molecular weight excluding hydrogens is 140 g/mol. The Morgan fingerprint density at radius 1 is 1.60 bits per heavy atom. The summed E-state index contributed by atoms with van der Waals surface area (Å²) in [6.45, 7) is 4.55. The van der Waals surface area contributed by atoms with Gasteiger partial charge in [0.05, 0.1) is 0 Å². The van der Waals surface area contributed by atoms with Crippen LogP contribution in [0.5, 0.6) is 0 Å². The van der Waals surface area contributed by atoms with Crippen molar-refractivity contribution in [3.8, 4) is 0 Å². The molecule has 2 unspecified atom stereocenters. The van der Waals surface area contributed by atoms with Crippen molar-refractivity contribution in [2.45, 2.75) is 31.9 Å². The van der Waals surface area contributed by atoms with E-state index in [4.69, 9.17) is 0 Å². The fraction of sp³-hybridized carbons (Fsp3) is 0.778. The van der Waals surface area contributed by atoms with E-state index in [1.165, 1.54) is 18.6 Å². The first-order valence-electron chi connectivity index (χ1n) is 4.13. The van der Waals surface area contributed by atoms with Crippen molar-refractivity contribution in [3.05, 3.63) is 12.2 Å². The molecule has 1 fully saturated rings. The monoisotopic (exact) mass is 156 g/mol. The molecule has 10 heavy (non-hydrogen) atoms. The van der Waals surface area contributed by atoms with Crippen molar-refractivity contribution in [1.29, 1.82) is 0 Å². The van der Waals surface area contributed by atoms with Gasteiger partial charge in [0.25, 0.3) is 0 Å². The number of hydrogen-bond donors (Lipinski definition) is 0. The smallest absolute Gasteiger partial charge is 0.0252 e. The number of rotatable bonds is 2. The lowest BCUT2D eigenvalue weighted by Crippen LogP contribution is -2.02. The van der Waals surface area contributed by atoms with E-state index in [-0.39, 0.29) is 0 Å². The third-order valence-electron chi connectivity index (χ3n) is 2.01. The lowest BCUT2D eigenvalue weighted by molar-refractivity contribution is 0.616. The van der Waals surface area contributed by atoms with Gasteiger partial charge in [-0.1, -0.05) is 26.0 Å². The van der Waals surface area contributed by atoms with Crippen LogP contribution in [0.2, 0.25) is 0 Å². The summed E-state index contributed by atoms with van der Waals surface area (Å²) in [4.78, 5) is 0. The van der Waals surface area contributed by atoms with Gasteiger partial charge < -0.3 is 0 Å². The Labute approximate surface area is 68.1 Å². The molecule has 1 heteroatoms. The minimum absolute atomic E-state index is 0.819. The molecule has 0 radical (unpaired) electrons. The summed E-state index contributed by atoms with van der Waals surface area (Å²) in [5.74, 6) is 2.27. The van der Waals surface area contributed by atoms with Gasteiger partial charge in [0, 0.05) is 5.25 Å². The molecule has 1 rings (SSSR count). The van der Waals surface area contributed by atoms with Crippen LogP contribution in [-0.2, 0) is 0 Å². The van der Waals surface area contributed by atoms with Crippen LogP contribution < -0.4 is 0 Å². The van der Waals surface area contributed by atoms with E-state index < -0.39 is 0 Å². The van der Waals surface area contributed by atoms with Gasteiger partial charge in [-0.25, -0.2) is 0 Å². The molecule has 0 N–H and O–H groups in total. The standard InChI is InChI=1S/C9H16S/c1-3-4-5-9-8(2)6-7-10-9/h4-5,8-9H,3,6-7H2,1-2H3. The van der Waals surface area contributed by atoms with Crippen LogP contribution >= 0.6 is 11.8 Å². The van der Waals surface area contributed by atoms with Crippen molar-refractivity contribution in [2.24, 2.45) is 5.92 Å². The minimum Gasteiger partial charge on any atom is -0.154 e. The molecular formula is C9H16S. The average molecular weight is 156 g/mol. The van der Waals surface area contributed by atoms with E-state index in [9.17, 15) is 0 Å². The Kier molecular flexibility index (Phi) is 3.33. The van der Waals surface area contributed by atoms with Crippen LogP contribution in [0.15, 0.2) is 12.2 Å². The fourth-order valence-electron chi connectivity index (χ4n) is 1.23. The first kappa shape index (κ1) is 8.19.